The summed E-state index contributed by atoms with van der Waals surface area (Å²) in [5.41, 5.74) is 2.26. The van der Waals surface area contributed by atoms with Crippen LogP contribution in [0.15, 0.2) is 42.5 Å². The summed E-state index contributed by atoms with van der Waals surface area (Å²) in [6, 6.07) is 13.4. The van der Waals surface area contributed by atoms with Gasteiger partial charge < -0.3 is 14.8 Å². The predicted molar refractivity (Wildman–Crippen MR) is 121 cm³/mol. The van der Waals surface area contributed by atoms with Crippen molar-refractivity contribution in [3.63, 3.8) is 0 Å². The highest BCUT2D eigenvalue weighted by atomic mass is 35.5. The Morgan fingerprint density at radius 3 is 2.74 bits per heavy atom. The van der Waals surface area contributed by atoms with E-state index in [0.717, 1.165) is 49.3 Å². The van der Waals surface area contributed by atoms with Gasteiger partial charge in [-0.25, -0.2) is 0 Å². The third-order valence-electron chi connectivity index (χ3n) is 5.54. The Morgan fingerprint density at radius 1 is 1.16 bits per heavy atom. The molecule has 8 heteroatoms. The smallest absolute Gasteiger partial charge is 0.272 e. The van der Waals surface area contributed by atoms with E-state index in [0.29, 0.717) is 36.0 Å². The molecule has 1 aliphatic rings. The Labute approximate surface area is 186 Å². The third-order valence-corrected chi connectivity index (χ3v) is 5.91. The number of ether oxygens (including phenoxy) is 2. The molecule has 164 valence electrons. The van der Waals surface area contributed by atoms with Crippen LogP contribution in [0.5, 0.6) is 5.75 Å². The predicted octanol–water partition coefficient (Wildman–Crippen LogP) is 3.00. The van der Waals surface area contributed by atoms with Gasteiger partial charge in [-0.3, -0.25) is 14.4 Å². The first-order valence-electron chi connectivity index (χ1n) is 10.5. The summed E-state index contributed by atoms with van der Waals surface area (Å²) in [7, 11) is 1.64. The first-order valence-corrected chi connectivity index (χ1v) is 10.9. The van der Waals surface area contributed by atoms with Crippen LogP contribution in [0.3, 0.4) is 0 Å². The molecule has 0 radical (unpaired) electrons. The van der Waals surface area contributed by atoms with Gasteiger partial charge in [0.25, 0.3) is 5.91 Å². The summed E-state index contributed by atoms with van der Waals surface area (Å²) in [4.78, 5) is 15.3. The molecule has 0 atom stereocenters. The number of morpholine rings is 1. The molecule has 1 N–H and O–H groups in total. The lowest BCUT2D eigenvalue weighted by atomic mass is 10.1. The first kappa shape index (κ1) is 21.6. The lowest BCUT2D eigenvalue weighted by Gasteiger charge is -2.26. The Kier molecular flexibility index (Phi) is 7.06. The van der Waals surface area contributed by atoms with Gasteiger partial charge in [-0.2, -0.15) is 5.10 Å². The molecule has 0 bridgehead atoms. The van der Waals surface area contributed by atoms with Crippen molar-refractivity contribution in [2.45, 2.75) is 13.0 Å². The molecule has 1 amide bonds. The van der Waals surface area contributed by atoms with E-state index in [1.807, 2.05) is 47.1 Å². The molecule has 2 heterocycles. The molecule has 1 saturated heterocycles. The van der Waals surface area contributed by atoms with E-state index >= 15 is 0 Å². The van der Waals surface area contributed by atoms with Crippen LogP contribution in [0.1, 0.15) is 16.1 Å². The number of halogens is 1. The normalized spacial score (nSPS) is 14.6. The van der Waals surface area contributed by atoms with E-state index < -0.39 is 0 Å². The largest absolute Gasteiger partial charge is 0.494 e. The number of carbonyl (C=O) groups is 1. The second-order valence-corrected chi connectivity index (χ2v) is 7.89. The van der Waals surface area contributed by atoms with Gasteiger partial charge in [0, 0.05) is 36.6 Å². The molecule has 4 rings (SSSR count). The summed E-state index contributed by atoms with van der Waals surface area (Å²) >= 11 is 6.22. The summed E-state index contributed by atoms with van der Waals surface area (Å²) in [6.45, 7) is 5.31. The minimum absolute atomic E-state index is 0.199. The fourth-order valence-electron chi connectivity index (χ4n) is 3.85. The Balaban J connectivity index is 1.51. The molecule has 31 heavy (non-hydrogen) atoms. The molecule has 1 aliphatic heterocycles. The highest BCUT2D eigenvalue weighted by Gasteiger charge is 2.20. The third kappa shape index (κ3) is 5.01. The van der Waals surface area contributed by atoms with Gasteiger partial charge in [0.2, 0.25) is 0 Å². The van der Waals surface area contributed by atoms with Crippen LogP contribution in [-0.4, -0.2) is 67.1 Å². The van der Waals surface area contributed by atoms with Crippen molar-refractivity contribution < 1.29 is 14.3 Å². The van der Waals surface area contributed by atoms with E-state index in [1.165, 1.54) is 0 Å². The molecule has 1 aromatic heterocycles. The van der Waals surface area contributed by atoms with Gasteiger partial charge in [-0.15, -0.1) is 0 Å². The Hall–Kier alpha value is -2.61. The van der Waals surface area contributed by atoms with Gasteiger partial charge in [0.1, 0.15) is 11.3 Å². The van der Waals surface area contributed by atoms with E-state index in [4.69, 9.17) is 21.1 Å². The van der Waals surface area contributed by atoms with Crippen LogP contribution in [0.4, 0.5) is 0 Å². The van der Waals surface area contributed by atoms with Crippen molar-refractivity contribution in [1.29, 1.82) is 0 Å². The number of nitrogens with one attached hydrogen (secondary N) is 1. The number of para-hydroxylation sites is 1. The zero-order valence-electron chi connectivity index (χ0n) is 17.6. The van der Waals surface area contributed by atoms with Gasteiger partial charge in [-0.1, -0.05) is 41.9 Å². The molecule has 0 saturated carbocycles. The highest BCUT2D eigenvalue weighted by Crippen LogP contribution is 2.28. The zero-order chi connectivity index (χ0) is 21.6. The van der Waals surface area contributed by atoms with Crippen molar-refractivity contribution in [1.82, 2.24) is 20.0 Å². The summed E-state index contributed by atoms with van der Waals surface area (Å²) in [5, 5.41) is 9.14. The average molecular weight is 443 g/mol. The van der Waals surface area contributed by atoms with Crippen molar-refractivity contribution >= 4 is 28.4 Å². The second kappa shape index (κ2) is 10.1. The maximum atomic E-state index is 13.0. The number of amides is 1. The van der Waals surface area contributed by atoms with E-state index in [-0.39, 0.29) is 5.91 Å². The van der Waals surface area contributed by atoms with Crippen molar-refractivity contribution in [2.24, 2.45) is 0 Å². The molecule has 0 unspecified atom stereocenters. The maximum Gasteiger partial charge on any atom is 0.272 e. The molecule has 3 aromatic rings. The zero-order valence-corrected chi connectivity index (χ0v) is 18.4. The van der Waals surface area contributed by atoms with E-state index in [2.05, 4.69) is 15.3 Å². The lowest BCUT2D eigenvalue weighted by Crippen LogP contribution is -2.38. The van der Waals surface area contributed by atoms with Gasteiger partial charge in [0.15, 0.2) is 5.69 Å². The van der Waals surface area contributed by atoms with Gasteiger partial charge in [-0.05, 0) is 24.1 Å². The van der Waals surface area contributed by atoms with Crippen molar-refractivity contribution in [3.8, 4) is 5.75 Å². The quantitative estimate of drug-likeness (QED) is 0.580. The number of hydrogen-bond acceptors (Lipinski definition) is 5. The summed E-state index contributed by atoms with van der Waals surface area (Å²) in [5.74, 6) is 0.512. The molecule has 0 aliphatic carbocycles. The lowest BCUT2D eigenvalue weighted by molar-refractivity contribution is 0.0361. The topological polar surface area (TPSA) is 68.6 Å². The van der Waals surface area contributed by atoms with Gasteiger partial charge in [0.05, 0.1) is 26.9 Å². The van der Waals surface area contributed by atoms with Crippen LogP contribution in [-0.2, 0) is 17.7 Å². The molecule has 0 spiro atoms. The molecule has 1 fully saturated rings. The number of benzene rings is 2. The SMILES string of the molecule is COc1cccc2c(C(=O)NCCc3ccccc3Cl)nn(CCN3CCOCC3)c12. The van der Waals surface area contributed by atoms with Crippen molar-refractivity contribution in [3.05, 3.63) is 58.7 Å². The minimum Gasteiger partial charge on any atom is -0.494 e. The van der Waals surface area contributed by atoms with Crippen LogP contribution in [0.2, 0.25) is 5.02 Å². The Morgan fingerprint density at radius 2 is 1.97 bits per heavy atom. The maximum absolute atomic E-state index is 13.0. The number of methoxy groups -OCH3 is 1. The van der Waals surface area contributed by atoms with Crippen LogP contribution >= 0.6 is 11.6 Å². The molecular formula is C23H27ClN4O3. The van der Waals surface area contributed by atoms with E-state index in [9.17, 15) is 4.79 Å². The number of carbonyl (C=O) groups excluding carboxylic acids is 1. The molecule has 2 aromatic carbocycles. The molecule has 7 nitrogen and oxygen atoms in total. The average Bonchev–Trinajstić information content (AvgIpc) is 3.18. The number of hydrogen-bond donors (Lipinski definition) is 1. The number of aromatic nitrogens is 2. The fourth-order valence-corrected chi connectivity index (χ4v) is 4.09. The van der Waals surface area contributed by atoms with Crippen LogP contribution < -0.4 is 10.1 Å². The second-order valence-electron chi connectivity index (χ2n) is 7.48. The standard InChI is InChI=1S/C23H27ClN4O3/c1-30-20-8-4-6-18-21(23(29)25-10-9-17-5-2-3-7-19(17)24)26-28(22(18)20)12-11-27-13-15-31-16-14-27/h2-8H,9-16H2,1H3,(H,25,29). The number of rotatable bonds is 8. The van der Waals surface area contributed by atoms with Crippen LogP contribution in [0.25, 0.3) is 10.9 Å². The summed E-state index contributed by atoms with van der Waals surface area (Å²) in [6.07, 6.45) is 0.657. The minimum atomic E-state index is -0.199. The summed E-state index contributed by atoms with van der Waals surface area (Å²) < 4.78 is 12.9. The first-order chi connectivity index (χ1) is 15.2. The van der Waals surface area contributed by atoms with E-state index in [1.54, 1.807) is 7.11 Å². The van der Waals surface area contributed by atoms with Crippen molar-refractivity contribution in [2.75, 3.05) is 46.5 Å². The fraction of sp³-hybridized carbons (Fsp3) is 0.391. The number of fused-ring (bicyclic) bond motifs is 1. The van der Waals surface area contributed by atoms with Crippen LogP contribution in [0, 0.1) is 0 Å². The molecular weight excluding hydrogens is 416 g/mol. The highest BCUT2D eigenvalue weighted by molar-refractivity contribution is 6.31. The monoisotopic (exact) mass is 442 g/mol. The number of nitrogens with zero attached hydrogens (tertiary/aromatic N) is 3. The van der Waals surface area contributed by atoms with Gasteiger partial charge >= 0.3 is 0 Å². The Bertz CT molecular complexity index is 1050.